The van der Waals surface area contributed by atoms with Crippen LogP contribution in [-0.2, 0) is 12.0 Å². The smallest absolute Gasteiger partial charge is 0.317 e. The minimum atomic E-state index is -0.289. The summed E-state index contributed by atoms with van der Waals surface area (Å²) < 4.78 is 5.51. The third kappa shape index (κ3) is 4.83. The summed E-state index contributed by atoms with van der Waals surface area (Å²) in [5.74, 6) is 1.49. The van der Waals surface area contributed by atoms with Crippen molar-refractivity contribution in [3.8, 4) is 0 Å². The van der Waals surface area contributed by atoms with E-state index in [1.807, 2.05) is 51.1 Å². The number of aliphatic hydroxyl groups excluding tert-OH is 1. The summed E-state index contributed by atoms with van der Waals surface area (Å²) in [7, 11) is 0. The first kappa shape index (κ1) is 18.0. The monoisotopic (exact) mass is 331 g/mol. The van der Waals surface area contributed by atoms with E-state index in [0.29, 0.717) is 18.8 Å². The van der Waals surface area contributed by atoms with E-state index in [1.54, 1.807) is 6.20 Å². The van der Waals surface area contributed by atoms with Crippen LogP contribution < -0.4 is 5.32 Å². The molecule has 2 aromatic rings. The largest absolute Gasteiger partial charge is 0.464 e. The Balaban J connectivity index is 1.97. The Morgan fingerprint density at radius 2 is 2.12 bits per heavy atom. The maximum Gasteiger partial charge on any atom is 0.317 e. The Bertz CT molecular complexity index is 653. The molecule has 0 saturated carbocycles. The van der Waals surface area contributed by atoms with Crippen molar-refractivity contribution in [1.29, 1.82) is 0 Å². The standard InChI is InChI=1S/C18H25N3O3/c1-14-7-8-15(24-14)12-21(10-11-22)17(23)20-13-18(2,3)16-6-4-5-9-19-16/h4-9,22H,10-13H2,1-3H3,(H,20,23). The Hall–Kier alpha value is -2.34. The van der Waals surface area contributed by atoms with Crippen LogP contribution in [0.5, 0.6) is 0 Å². The summed E-state index contributed by atoms with van der Waals surface area (Å²) in [4.78, 5) is 18.4. The SMILES string of the molecule is Cc1ccc(CN(CCO)C(=O)NCC(C)(C)c2ccccn2)o1. The molecule has 130 valence electrons. The average Bonchev–Trinajstić information content (AvgIpc) is 2.98. The van der Waals surface area contributed by atoms with Gasteiger partial charge in [0.15, 0.2) is 0 Å². The number of carbonyl (C=O) groups excluding carboxylic acids is 1. The number of carbonyl (C=O) groups is 1. The first-order valence-electron chi connectivity index (χ1n) is 8.03. The Morgan fingerprint density at radius 1 is 1.33 bits per heavy atom. The minimum Gasteiger partial charge on any atom is -0.464 e. The van der Waals surface area contributed by atoms with Gasteiger partial charge in [-0.25, -0.2) is 4.79 Å². The number of amides is 2. The quantitative estimate of drug-likeness (QED) is 0.817. The Morgan fingerprint density at radius 3 is 2.71 bits per heavy atom. The highest BCUT2D eigenvalue weighted by Crippen LogP contribution is 2.19. The molecule has 2 amide bonds. The topological polar surface area (TPSA) is 78.6 Å². The van der Waals surface area contributed by atoms with Crippen molar-refractivity contribution in [3.63, 3.8) is 0 Å². The number of pyridine rings is 1. The molecule has 0 bridgehead atoms. The van der Waals surface area contributed by atoms with E-state index in [1.165, 1.54) is 4.90 Å². The van der Waals surface area contributed by atoms with Crippen molar-refractivity contribution in [2.24, 2.45) is 0 Å². The molecule has 24 heavy (non-hydrogen) atoms. The van der Waals surface area contributed by atoms with E-state index in [9.17, 15) is 9.90 Å². The van der Waals surface area contributed by atoms with E-state index in [4.69, 9.17) is 4.42 Å². The lowest BCUT2D eigenvalue weighted by atomic mass is 9.89. The molecule has 0 aliphatic rings. The van der Waals surface area contributed by atoms with Crippen LogP contribution in [0.25, 0.3) is 0 Å². The van der Waals surface area contributed by atoms with Crippen LogP contribution in [-0.4, -0.2) is 40.7 Å². The van der Waals surface area contributed by atoms with Crippen LogP contribution in [0, 0.1) is 6.92 Å². The van der Waals surface area contributed by atoms with Gasteiger partial charge in [-0.2, -0.15) is 0 Å². The molecule has 0 saturated heterocycles. The second-order valence-electron chi connectivity index (χ2n) is 6.42. The number of hydrogen-bond acceptors (Lipinski definition) is 4. The van der Waals surface area contributed by atoms with Crippen molar-refractivity contribution < 1.29 is 14.3 Å². The number of aryl methyl sites for hydroxylation is 1. The molecule has 2 N–H and O–H groups in total. The highest BCUT2D eigenvalue weighted by atomic mass is 16.3. The van der Waals surface area contributed by atoms with Gasteiger partial charge < -0.3 is 19.7 Å². The molecule has 2 aromatic heterocycles. The molecule has 0 unspecified atom stereocenters. The predicted octanol–water partition coefficient (Wildman–Crippen LogP) is 2.46. The lowest BCUT2D eigenvalue weighted by Crippen LogP contribution is -2.45. The number of nitrogens with one attached hydrogen (secondary N) is 1. The maximum atomic E-state index is 12.5. The third-order valence-corrected chi connectivity index (χ3v) is 3.84. The molecule has 0 fully saturated rings. The fourth-order valence-electron chi connectivity index (χ4n) is 2.39. The highest BCUT2D eigenvalue weighted by molar-refractivity contribution is 5.74. The summed E-state index contributed by atoms with van der Waals surface area (Å²) in [5, 5.41) is 12.1. The lowest BCUT2D eigenvalue weighted by molar-refractivity contribution is 0.167. The molecule has 0 aliphatic heterocycles. The summed E-state index contributed by atoms with van der Waals surface area (Å²) in [6, 6.07) is 9.21. The highest BCUT2D eigenvalue weighted by Gasteiger charge is 2.24. The number of aromatic nitrogens is 1. The van der Waals surface area contributed by atoms with E-state index in [-0.39, 0.29) is 24.6 Å². The number of furan rings is 1. The Labute approximate surface area is 142 Å². The van der Waals surface area contributed by atoms with Gasteiger partial charge in [0.2, 0.25) is 0 Å². The first-order chi connectivity index (χ1) is 11.4. The van der Waals surface area contributed by atoms with Crippen LogP contribution in [0.3, 0.4) is 0 Å². The second kappa shape index (κ2) is 7.97. The van der Waals surface area contributed by atoms with Crippen molar-refractivity contribution >= 4 is 6.03 Å². The summed E-state index contributed by atoms with van der Waals surface area (Å²) >= 11 is 0. The molecular formula is C18H25N3O3. The van der Waals surface area contributed by atoms with Gasteiger partial charge in [0.1, 0.15) is 11.5 Å². The minimum absolute atomic E-state index is 0.100. The summed E-state index contributed by atoms with van der Waals surface area (Å²) in [5.41, 5.74) is 0.629. The zero-order chi connectivity index (χ0) is 17.6. The van der Waals surface area contributed by atoms with Crippen LogP contribution in [0.15, 0.2) is 40.9 Å². The van der Waals surface area contributed by atoms with Gasteiger partial charge in [0, 0.05) is 30.4 Å². The molecule has 2 heterocycles. The molecule has 0 aliphatic carbocycles. The molecule has 0 radical (unpaired) electrons. The first-order valence-corrected chi connectivity index (χ1v) is 8.03. The molecule has 6 nitrogen and oxygen atoms in total. The number of urea groups is 1. The summed E-state index contributed by atoms with van der Waals surface area (Å²) in [6.07, 6.45) is 1.75. The molecule has 0 spiro atoms. The lowest BCUT2D eigenvalue weighted by Gasteiger charge is -2.27. The third-order valence-electron chi connectivity index (χ3n) is 3.84. The number of hydrogen-bond donors (Lipinski definition) is 2. The molecule has 2 rings (SSSR count). The van der Waals surface area contributed by atoms with Gasteiger partial charge in [-0.3, -0.25) is 4.98 Å². The molecular weight excluding hydrogens is 306 g/mol. The van der Waals surface area contributed by atoms with Gasteiger partial charge >= 0.3 is 6.03 Å². The number of rotatable bonds is 7. The van der Waals surface area contributed by atoms with Crippen molar-refractivity contribution in [3.05, 3.63) is 53.7 Å². The van der Waals surface area contributed by atoms with Gasteiger partial charge in [-0.1, -0.05) is 19.9 Å². The fraction of sp³-hybridized carbons (Fsp3) is 0.444. The van der Waals surface area contributed by atoms with E-state index in [0.717, 1.165) is 11.5 Å². The predicted molar refractivity (Wildman–Crippen MR) is 91.6 cm³/mol. The van der Waals surface area contributed by atoms with Crippen molar-refractivity contribution in [1.82, 2.24) is 15.2 Å². The maximum absolute atomic E-state index is 12.5. The second-order valence-corrected chi connectivity index (χ2v) is 6.42. The fourth-order valence-corrected chi connectivity index (χ4v) is 2.39. The normalized spacial score (nSPS) is 11.3. The molecule has 0 atom stereocenters. The molecule has 0 aromatic carbocycles. The van der Waals surface area contributed by atoms with Crippen LogP contribution in [0.4, 0.5) is 4.79 Å². The zero-order valence-corrected chi connectivity index (χ0v) is 14.5. The zero-order valence-electron chi connectivity index (χ0n) is 14.5. The van der Waals surface area contributed by atoms with Gasteiger partial charge in [-0.05, 0) is 31.2 Å². The van der Waals surface area contributed by atoms with Gasteiger partial charge in [0.05, 0.1) is 13.2 Å². The number of nitrogens with zero attached hydrogens (tertiary/aromatic N) is 2. The van der Waals surface area contributed by atoms with E-state index < -0.39 is 0 Å². The van der Waals surface area contributed by atoms with Gasteiger partial charge in [0.25, 0.3) is 0 Å². The van der Waals surface area contributed by atoms with Crippen LogP contribution in [0.2, 0.25) is 0 Å². The van der Waals surface area contributed by atoms with E-state index >= 15 is 0 Å². The molecule has 6 heteroatoms. The van der Waals surface area contributed by atoms with E-state index in [2.05, 4.69) is 10.3 Å². The van der Waals surface area contributed by atoms with Crippen LogP contribution in [0.1, 0.15) is 31.1 Å². The van der Waals surface area contributed by atoms with Crippen molar-refractivity contribution in [2.45, 2.75) is 32.7 Å². The Kier molecular flexibility index (Phi) is 5.98. The van der Waals surface area contributed by atoms with Crippen LogP contribution >= 0.6 is 0 Å². The summed E-state index contributed by atoms with van der Waals surface area (Å²) in [6.45, 7) is 6.83. The number of aliphatic hydroxyl groups is 1. The van der Waals surface area contributed by atoms with Gasteiger partial charge in [-0.15, -0.1) is 0 Å². The average molecular weight is 331 g/mol. The van der Waals surface area contributed by atoms with Crippen molar-refractivity contribution in [2.75, 3.05) is 19.7 Å².